The summed E-state index contributed by atoms with van der Waals surface area (Å²) in [5.41, 5.74) is 4.93. The van der Waals surface area contributed by atoms with E-state index in [0.29, 0.717) is 30.5 Å². The predicted octanol–water partition coefficient (Wildman–Crippen LogP) is 3.31. The Bertz CT molecular complexity index is 941. The maximum absolute atomic E-state index is 15.0. The number of aromatic nitrogens is 1. The number of benzene rings is 1. The van der Waals surface area contributed by atoms with Crippen molar-refractivity contribution in [1.82, 2.24) is 10.3 Å². The topological polar surface area (TPSA) is 62.3 Å². The molecule has 0 saturated heterocycles. The first-order valence-electron chi connectivity index (χ1n) is 9.35. The van der Waals surface area contributed by atoms with Gasteiger partial charge in [0.1, 0.15) is 5.82 Å². The van der Waals surface area contributed by atoms with Crippen LogP contribution in [0.5, 0.6) is 0 Å². The minimum absolute atomic E-state index is 0.00548. The van der Waals surface area contributed by atoms with Gasteiger partial charge in [-0.25, -0.2) is 4.39 Å². The van der Waals surface area contributed by atoms with Crippen LogP contribution in [0.25, 0.3) is 11.1 Å². The number of rotatable bonds is 3. The molecule has 4 rings (SSSR count). The van der Waals surface area contributed by atoms with Gasteiger partial charge in [0.25, 0.3) is 0 Å². The number of pyridine rings is 1. The van der Waals surface area contributed by atoms with Crippen molar-refractivity contribution >= 4 is 17.5 Å². The Morgan fingerprint density at radius 2 is 2.07 bits per heavy atom. The molecule has 5 nitrogen and oxygen atoms in total. The molecular formula is C21H22FN3O2. The molecule has 2 aliphatic rings. The summed E-state index contributed by atoms with van der Waals surface area (Å²) in [5.74, 6) is -0.344. The number of hydrogen-bond acceptors (Lipinski definition) is 3. The van der Waals surface area contributed by atoms with Gasteiger partial charge in [-0.3, -0.25) is 14.6 Å². The van der Waals surface area contributed by atoms with Crippen LogP contribution < -0.4 is 10.2 Å². The normalized spacial score (nSPS) is 18.3. The van der Waals surface area contributed by atoms with Crippen LogP contribution in [0.1, 0.15) is 48.9 Å². The van der Waals surface area contributed by atoms with Crippen molar-refractivity contribution in [3.05, 3.63) is 47.0 Å². The lowest BCUT2D eigenvalue weighted by molar-refractivity contribution is -0.121. The van der Waals surface area contributed by atoms with Gasteiger partial charge in [-0.15, -0.1) is 0 Å². The van der Waals surface area contributed by atoms with Gasteiger partial charge in [-0.2, -0.15) is 0 Å². The van der Waals surface area contributed by atoms with E-state index in [1.165, 1.54) is 11.0 Å². The van der Waals surface area contributed by atoms with E-state index in [1.54, 1.807) is 19.4 Å². The van der Waals surface area contributed by atoms with Crippen molar-refractivity contribution in [1.29, 1.82) is 0 Å². The molecule has 0 saturated carbocycles. The Hall–Kier alpha value is -2.76. The zero-order valence-electron chi connectivity index (χ0n) is 15.5. The third kappa shape index (κ3) is 2.99. The second kappa shape index (κ2) is 6.76. The molecule has 0 radical (unpaired) electrons. The van der Waals surface area contributed by atoms with Crippen LogP contribution in [0.4, 0.5) is 10.1 Å². The second-order valence-corrected chi connectivity index (χ2v) is 7.18. The van der Waals surface area contributed by atoms with Crippen LogP contribution in [-0.4, -0.2) is 23.8 Å². The number of anilines is 1. The number of nitrogens with one attached hydrogen (secondary N) is 1. The van der Waals surface area contributed by atoms with E-state index in [1.807, 2.05) is 13.0 Å². The Kier molecular flexibility index (Phi) is 4.42. The van der Waals surface area contributed by atoms with Crippen LogP contribution in [0.3, 0.4) is 0 Å². The number of halogens is 1. The van der Waals surface area contributed by atoms with Crippen molar-refractivity contribution < 1.29 is 14.0 Å². The summed E-state index contributed by atoms with van der Waals surface area (Å²) in [6.07, 6.45) is 6.53. The smallest absolute Gasteiger partial charge is 0.227 e. The monoisotopic (exact) mass is 367 g/mol. The lowest BCUT2D eigenvalue weighted by Crippen LogP contribution is -2.31. The van der Waals surface area contributed by atoms with E-state index in [0.717, 1.165) is 35.1 Å². The van der Waals surface area contributed by atoms with E-state index in [2.05, 4.69) is 10.3 Å². The Morgan fingerprint density at radius 3 is 2.85 bits per heavy atom. The first-order valence-corrected chi connectivity index (χ1v) is 9.35. The number of carbonyl (C=O) groups excluding carboxylic acids is 2. The van der Waals surface area contributed by atoms with Crippen LogP contribution in [-0.2, 0) is 22.4 Å². The molecule has 1 aromatic carbocycles. The van der Waals surface area contributed by atoms with Gasteiger partial charge in [0.2, 0.25) is 11.8 Å². The molecule has 1 N–H and O–H groups in total. The lowest BCUT2D eigenvalue weighted by atomic mass is 9.93. The second-order valence-electron chi connectivity index (χ2n) is 7.18. The lowest BCUT2D eigenvalue weighted by Gasteiger charge is -2.26. The zero-order chi connectivity index (χ0) is 19.1. The fourth-order valence-corrected chi connectivity index (χ4v) is 4.08. The van der Waals surface area contributed by atoms with Crippen LogP contribution in [0, 0.1) is 5.82 Å². The predicted molar refractivity (Wildman–Crippen MR) is 101 cm³/mol. The molecule has 2 amide bonds. The molecule has 1 atom stereocenters. The molecule has 2 heterocycles. The molecule has 140 valence electrons. The zero-order valence-corrected chi connectivity index (χ0v) is 15.5. The summed E-state index contributed by atoms with van der Waals surface area (Å²) in [6, 6.07) is 3.24. The number of nitrogens with zero attached hydrogens (tertiary/aromatic N) is 2. The quantitative estimate of drug-likeness (QED) is 0.905. The molecule has 0 spiro atoms. The average molecular weight is 367 g/mol. The van der Waals surface area contributed by atoms with Gasteiger partial charge >= 0.3 is 0 Å². The third-order valence-electron chi connectivity index (χ3n) is 5.61. The Labute approximate surface area is 157 Å². The third-order valence-corrected chi connectivity index (χ3v) is 5.61. The fourth-order valence-electron chi connectivity index (χ4n) is 4.08. The first kappa shape index (κ1) is 17.6. The maximum Gasteiger partial charge on any atom is 0.227 e. The van der Waals surface area contributed by atoms with Gasteiger partial charge in [0, 0.05) is 49.1 Å². The van der Waals surface area contributed by atoms with E-state index in [-0.39, 0.29) is 23.7 Å². The van der Waals surface area contributed by atoms with Gasteiger partial charge < -0.3 is 10.2 Å². The van der Waals surface area contributed by atoms with Gasteiger partial charge in [-0.1, -0.05) is 6.92 Å². The molecule has 0 unspecified atom stereocenters. The van der Waals surface area contributed by atoms with Crippen molar-refractivity contribution in [2.45, 2.75) is 45.1 Å². The minimum Gasteiger partial charge on any atom is -0.349 e. The average Bonchev–Trinajstić information content (AvgIpc) is 3.08. The number of amides is 2. The van der Waals surface area contributed by atoms with Crippen molar-refractivity contribution in [2.24, 2.45) is 0 Å². The highest BCUT2D eigenvalue weighted by atomic mass is 19.1. The Morgan fingerprint density at radius 1 is 1.26 bits per heavy atom. The van der Waals surface area contributed by atoms with Gasteiger partial charge in [-0.05, 0) is 48.1 Å². The van der Waals surface area contributed by atoms with Crippen LogP contribution >= 0.6 is 0 Å². The van der Waals surface area contributed by atoms with E-state index < -0.39 is 0 Å². The minimum atomic E-state index is -0.355. The van der Waals surface area contributed by atoms with E-state index in [4.69, 9.17) is 0 Å². The largest absolute Gasteiger partial charge is 0.349 e. The molecule has 1 aliphatic carbocycles. The number of carbonyl (C=O) groups is 2. The molecule has 0 bridgehead atoms. The van der Waals surface area contributed by atoms with E-state index in [9.17, 15) is 14.0 Å². The molecule has 2 aromatic rings. The van der Waals surface area contributed by atoms with E-state index >= 15 is 0 Å². The highest BCUT2D eigenvalue weighted by molar-refractivity contribution is 5.96. The van der Waals surface area contributed by atoms with Crippen molar-refractivity contribution in [2.75, 3.05) is 11.9 Å². The maximum atomic E-state index is 15.0. The SMILES string of the molecule is CCC(=O)N[C@H]1CCc2c(-c3cc4c(cc3F)N(C)C(=O)CC4)cncc21. The number of aryl methyl sites for hydroxylation is 1. The highest BCUT2D eigenvalue weighted by Gasteiger charge is 2.29. The van der Waals surface area contributed by atoms with Crippen molar-refractivity contribution in [3.63, 3.8) is 0 Å². The molecule has 0 fully saturated rings. The summed E-state index contributed by atoms with van der Waals surface area (Å²) in [4.78, 5) is 29.5. The van der Waals surface area contributed by atoms with Crippen LogP contribution in [0.2, 0.25) is 0 Å². The molecule has 27 heavy (non-hydrogen) atoms. The standard InChI is InChI=1S/C21H22FN3O2/c1-3-20(26)24-18-6-5-13-15(10-23-11-16(13)18)14-8-12-4-7-21(27)25(2)19(12)9-17(14)22/h8-11,18H,3-7H2,1-2H3,(H,24,26)/t18-/m0/s1. The fraction of sp³-hybridized carbons (Fsp3) is 0.381. The first-order chi connectivity index (χ1) is 13.0. The van der Waals surface area contributed by atoms with Crippen LogP contribution in [0.15, 0.2) is 24.5 Å². The summed E-state index contributed by atoms with van der Waals surface area (Å²) in [5, 5.41) is 3.02. The molecular weight excluding hydrogens is 345 g/mol. The summed E-state index contributed by atoms with van der Waals surface area (Å²) in [6.45, 7) is 1.82. The molecule has 1 aromatic heterocycles. The summed E-state index contributed by atoms with van der Waals surface area (Å²) >= 11 is 0. The summed E-state index contributed by atoms with van der Waals surface area (Å²) in [7, 11) is 1.68. The number of hydrogen-bond donors (Lipinski definition) is 1. The van der Waals surface area contributed by atoms with Gasteiger partial charge in [0.05, 0.1) is 6.04 Å². The molecule has 6 heteroatoms. The van der Waals surface area contributed by atoms with Gasteiger partial charge in [0.15, 0.2) is 0 Å². The highest BCUT2D eigenvalue weighted by Crippen LogP contribution is 2.40. The molecule has 1 aliphatic heterocycles. The number of fused-ring (bicyclic) bond motifs is 2. The van der Waals surface area contributed by atoms with Crippen molar-refractivity contribution in [3.8, 4) is 11.1 Å². The Balaban J connectivity index is 1.76. The summed E-state index contributed by atoms with van der Waals surface area (Å²) < 4.78 is 15.0.